The lowest BCUT2D eigenvalue weighted by molar-refractivity contribution is -0.139. The van der Waals surface area contributed by atoms with E-state index in [-0.39, 0.29) is 17.7 Å². The molecule has 0 saturated heterocycles. The summed E-state index contributed by atoms with van der Waals surface area (Å²) in [5, 5.41) is 0.348. The first-order valence-electron chi connectivity index (χ1n) is 12.9. The first kappa shape index (κ1) is 30.7. The molecule has 1 aromatic heterocycles. The first-order valence-corrected chi connectivity index (χ1v) is 14.9. The molecule has 0 saturated carbocycles. The van der Waals surface area contributed by atoms with Crippen LogP contribution in [0.25, 0.3) is 6.08 Å². The molecule has 218 valence electrons. The third-order valence-corrected chi connectivity index (χ3v) is 8.18. The largest absolute Gasteiger partial charge is 0.493 e. The van der Waals surface area contributed by atoms with Gasteiger partial charge in [0, 0.05) is 4.47 Å². The zero-order valence-electron chi connectivity index (χ0n) is 23.5. The minimum Gasteiger partial charge on any atom is -0.493 e. The van der Waals surface area contributed by atoms with E-state index in [1.54, 1.807) is 44.2 Å². The number of fused-ring (bicyclic) bond motifs is 1. The van der Waals surface area contributed by atoms with E-state index in [4.69, 9.17) is 35.3 Å². The maximum absolute atomic E-state index is 14.0. The monoisotopic (exact) mass is 664 g/mol. The van der Waals surface area contributed by atoms with Crippen LogP contribution in [0.5, 0.6) is 23.0 Å². The van der Waals surface area contributed by atoms with E-state index < -0.39 is 12.0 Å². The predicted octanol–water partition coefficient (Wildman–Crippen LogP) is 5.03. The van der Waals surface area contributed by atoms with Gasteiger partial charge in [-0.25, -0.2) is 9.79 Å². The summed E-state index contributed by atoms with van der Waals surface area (Å²) in [5.74, 6) is 1.30. The number of halogens is 2. The van der Waals surface area contributed by atoms with Crippen LogP contribution in [0.3, 0.4) is 0 Å². The minimum atomic E-state index is -0.843. The molecule has 0 unspecified atom stereocenters. The molecule has 41 heavy (non-hydrogen) atoms. The van der Waals surface area contributed by atoms with E-state index in [0.29, 0.717) is 71.9 Å². The van der Waals surface area contributed by atoms with Crippen LogP contribution in [-0.2, 0) is 9.53 Å². The number of esters is 1. The van der Waals surface area contributed by atoms with Crippen LogP contribution in [0.2, 0.25) is 5.02 Å². The molecular weight excluding hydrogens is 636 g/mol. The average molecular weight is 666 g/mol. The lowest BCUT2D eigenvalue weighted by atomic mass is 9.95. The van der Waals surface area contributed by atoms with Crippen LogP contribution in [0.4, 0.5) is 0 Å². The molecule has 3 aromatic rings. The van der Waals surface area contributed by atoms with E-state index in [9.17, 15) is 9.59 Å². The van der Waals surface area contributed by atoms with Gasteiger partial charge in [0.2, 0.25) is 0 Å². The highest BCUT2D eigenvalue weighted by molar-refractivity contribution is 9.10. The number of hydrogen-bond donors (Lipinski definition) is 0. The van der Waals surface area contributed by atoms with E-state index in [0.717, 1.165) is 0 Å². The number of nitrogens with zero attached hydrogens (tertiary/aromatic N) is 2. The maximum atomic E-state index is 14.0. The predicted molar refractivity (Wildman–Crippen MR) is 161 cm³/mol. The Morgan fingerprint density at radius 1 is 1.05 bits per heavy atom. The van der Waals surface area contributed by atoms with Crippen molar-refractivity contribution in [2.45, 2.75) is 33.7 Å². The number of thiazole rings is 1. The fraction of sp³-hybridized carbons (Fsp3) is 0.345. The van der Waals surface area contributed by atoms with Gasteiger partial charge in [0.25, 0.3) is 5.56 Å². The standard InChI is InChI=1S/C29H30BrClN2O7S/c1-7-38-21-14-18(30)17(13-20(21)36-5)25-24(28(35)40-9-3)15(4)32-29-33(25)27(34)23(41-29)12-16-10-19(31)26(37-6)22(11-16)39-8-2/h10-14,25H,7-9H2,1-6H3/b23-12+/t25-/m1/s1. The smallest absolute Gasteiger partial charge is 0.338 e. The normalized spacial score (nSPS) is 14.8. The van der Waals surface area contributed by atoms with Crippen molar-refractivity contribution in [3.8, 4) is 23.0 Å². The number of hydrogen-bond acceptors (Lipinski definition) is 9. The number of aromatic nitrogens is 1. The molecule has 1 aliphatic rings. The highest BCUT2D eigenvalue weighted by atomic mass is 79.9. The number of allylic oxidation sites excluding steroid dienone is 1. The molecule has 2 heterocycles. The number of benzene rings is 2. The van der Waals surface area contributed by atoms with Gasteiger partial charge in [-0.3, -0.25) is 9.36 Å². The molecule has 0 amide bonds. The van der Waals surface area contributed by atoms with Gasteiger partial charge >= 0.3 is 5.97 Å². The van der Waals surface area contributed by atoms with E-state index in [2.05, 4.69) is 20.9 Å². The summed E-state index contributed by atoms with van der Waals surface area (Å²) in [6.07, 6.45) is 1.71. The minimum absolute atomic E-state index is 0.168. The summed E-state index contributed by atoms with van der Waals surface area (Å²) in [6.45, 7) is 8.20. The number of carbonyl (C=O) groups is 1. The highest BCUT2D eigenvalue weighted by Gasteiger charge is 2.35. The van der Waals surface area contributed by atoms with Crippen molar-refractivity contribution in [3.05, 3.63) is 75.8 Å². The summed E-state index contributed by atoms with van der Waals surface area (Å²) in [5.41, 5.74) is 1.63. The van der Waals surface area contributed by atoms with Crippen molar-refractivity contribution < 1.29 is 28.5 Å². The Kier molecular flexibility index (Phi) is 9.83. The fourth-order valence-electron chi connectivity index (χ4n) is 4.56. The van der Waals surface area contributed by atoms with Crippen molar-refractivity contribution in [2.24, 2.45) is 4.99 Å². The number of carbonyl (C=O) groups excluding carboxylic acids is 1. The second kappa shape index (κ2) is 13.1. The number of ether oxygens (including phenoxy) is 5. The van der Waals surface area contributed by atoms with Gasteiger partial charge in [-0.1, -0.05) is 38.9 Å². The number of methoxy groups -OCH3 is 2. The molecule has 4 rings (SSSR count). The summed E-state index contributed by atoms with van der Waals surface area (Å²) in [7, 11) is 3.05. The van der Waals surface area contributed by atoms with Crippen molar-refractivity contribution in [3.63, 3.8) is 0 Å². The zero-order valence-corrected chi connectivity index (χ0v) is 26.7. The van der Waals surface area contributed by atoms with Gasteiger partial charge < -0.3 is 23.7 Å². The Balaban J connectivity index is 1.98. The molecule has 1 atom stereocenters. The Bertz CT molecular complexity index is 1700. The molecule has 0 N–H and O–H groups in total. The molecule has 0 aliphatic carbocycles. The van der Waals surface area contributed by atoms with Crippen LogP contribution in [0.15, 0.2) is 49.8 Å². The second-order valence-corrected chi connectivity index (χ2v) is 11.0. The first-order chi connectivity index (χ1) is 19.7. The molecule has 12 heteroatoms. The average Bonchev–Trinajstić information content (AvgIpc) is 3.22. The van der Waals surface area contributed by atoms with Crippen LogP contribution in [0.1, 0.15) is 44.9 Å². The fourth-order valence-corrected chi connectivity index (χ4v) is 6.44. The highest BCUT2D eigenvalue weighted by Crippen LogP contribution is 2.41. The van der Waals surface area contributed by atoms with Crippen LogP contribution in [0, 0.1) is 0 Å². The Labute approximate surface area is 254 Å². The number of rotatable bonds is 10. The zero-order chi connectivity index (χ0) is 29.8. The van der Waals surface area contributed by atoms with Gasteiger partial charge in [-0.2, -0.15) is 0 Å². The lowest BCUT2D eigenvalue weighted by Crippen LogP contribution is -2.40. The third-order valence-electron chi connectivity index (χ3n) is 6.23. The van der Waals surface area contributed by atoms with Gasteiger partial charge in [-0.15, -0.1) is 0 Å². The molecule has 0 bridgehead atoms. The lowest BCUT2D eigenvalue weighted by Gasteiger charge is -2.26. The molecule has 0 spiro atoms. The molecule has 9 nitrogen and oxygen atoms in total. The third kappa shape index (κ3) is 6.02. The van der Waals surface area contributed by atoms with Crippen molar-refractivity contribution >= 4 is 50.9 Å². The SMILES string of the molecule is CCOC(=O)C1=C(C)N=c2s/c(=C/c3cc(Cl)c(OC)c(OCC)c3)c(=O)n2[C@@H]1c1cc(OC)c(OCC)cc1Br. The summed E-state index contributed by atoms with van der Waals surface area (Å²) in [6, 6.07) is 6.13. The Hall–Kier alpha value is -3.28. The van der Waals surface area contributed by atoms with Crippen molar-refractivity contribution in [2.75, 3.05) is 34.0 Å². The molecule has 1 aliphatic heterocycles. The van der Waals surface area contributed by atoms with Crippen LogP contribution < -0.4 is 33.8 Å². The molecule has 2 aromatic carbocycles. The van der Waals surface area contributed by atoms with E-state index in [1.807, 2.05) is 13.8 Å². The summed E-state index contributed by atoms with van der Waals surface area (Å²) >= 11 is 11.3. The van der Waals surface area contributed by atoms with E-state index >= 15 is 0 Å². The maximum Gasteiger partial charge on any atom is 0.338 e. The molecule has 0 radical (unpaired) electrons. The van der Waals surface area contributed by atoms with Crippen molar-refractivity contribution in [1.82, 2.24) is 4.57 Å². The van der Waals surface area contributed by atoms with Gasteiger partial charge in [0.15, 0.2) is 27.8 Å². The summed E-state index contributed by atoms with van der Waals surface area (Å²) < 4.78 is 30.3. The molecular formula is C29H30BrClN2O7S. The Morgan fingerprint density at radius 2 is 1.76 bits per heavy atom. The van der Waals surface area contributed by atoms with E-state index in [1.165, 1.54) is 30.1 Å². The molecule has 0 fully saturated rings. The van der Waals surface area contributed by atoms with Gasteiger partial charge in [-0.05, 0) is 69.2 Å². The topological polar surface area (TPSA) is 97.6 Å². The van der Waals surface area contributed by atoms with Crippen molar-refractivity contribution in [1.29, 1.82) is 0 Å². The van der Waals surface area contributed by atoms with Crippen LogP contribution in [-0.4, -0.2) is 44.6 Å². The second-order valence-electron chi connectivity index (χ2n) is 8.73. The quantitative estimate of drug-likeness (QED) is 0.281. The summed E-state index contributed by atoms with van der Waals surface area (Å²) in [4.78, 5) is 32.4. The van der Waals surface area contributed by atoms with Gasteiger partial charge in [0.05, 0.1) is 60.9 Å². The van der Waals surface area contributed by atoms with Gasteiger partial charge in [0.1, 0.15) is 0 Å². The van der Waals surface area contributed by atoms with Crippen LogP contribution >= 0.6 is 38.9 Å². The Morgan fingerprint density at radius 3 is 2.39 bits per heavy atom.